The Morgan fingerprint density at radius 3 is 2.65 bits per heavy atom. The quantitative estimate of drug-likeness (QED) is 0.777. The SMILES string of the molecule is O=Cc1ccc2c(c1)C=CC=CN2Cc1ccccc1. The summed E-state index contributed by atoms with van der Waals surface area (Å²) in [6.45, 7) is 0.812. The Morgan fingerprint density at radius 2 is 1.85 bits per heavy atom. The van der Waals surface area contributed by atoms with Crippen LogP contribution in [0.25, 0.3) is 6.08 Å². The van der Waals surface area contributed by atoms with E-state index in [2.05, 4.69) is 23.2 Å². The van der Waals surface area contributed by atoms with E-state index in [1.807, 2.05) is 54.6 Å². The Hall–Kier alpha value is -2.61. The van der Waals surface area contributed by atoms with Crippen LogP contribution in [0.4, 0.5) is 5.69 Å². The maximum atomic E-state index is 10.9. The van der Waals surface area contributed by atoms with Crippen LogP contribution in [0.15, 0.2) is 66.9 Å². The third kappa shape index (κ3) is 2.54. The smallest absolute Gasteiger partial charge is 0.150 e. The minimum absolute atomic E-state index is 0.704. The second kappa shape index (κ2) is 5.57. The summed E-state index contributed by atoms with van der Waals surface area (Å²) in [4.78, 5) is 13.1. The Kier molecular flexibility index (Phi) is 3.46. The molecule has 0 atom stereocenters. The van der Waals surface area contributed by atoms with Crippen molar-refractivity contribution in [1.29, 1.82) is 0 Å². The van der Waals surface area contributed by atoms with Crippen molar-refractivity contribution >= 4 is 18.0 Å². The van der Waals surface area contributed by atoms with Gasteiger partial charge in [0.1, 0.15) is 6.29 Å². The molecule has 0 radical (unpaired) electrons. The average Bonchev–Trinajstić information content (AvgIpc) is 2.70. The van der Waals surface area contributed by atoms with E-state index in [-0.39, 0.29) is 0 Å². The van der Waals surface area contributed by atoms with Gasteiger partial charge in [-0.3, -0.25) is 4.79 Å². The number of nitrogens with zero attached hydrogens (tertiary/aromatic N) is 1. The molecular weight excluding hydrogens is 246 g/mol. The van der Waals surface area contributed by atoms with Crippen LogP contribution in [-0.2, 0) is 6.54 Å². The maximum absolute atomic E-state index is 10.9. The topological polar surface area (TPSA) is 20.3 Å². The fourth-order valence-electron chi connectivity index (χ4n) is 2.35. The number of hydrogen-bond acceptors (Lipinski definition) is 2. The van der Waals surface area contributed by atoms with Gasteiger partial charge in [-0.05, 0) is 35.4 Å². The normalized spacial score (nSPS) is 12.9. The van der Waals surface area contributed by atoms with Crippen LogP contribution in [-0.4, -0.2) is 6.29 Å². The first-order valence-electron chi connectivity index (χ1n) is 6.61. The third-order valence-electron chi connectivity index (χ3n) is 3.35. The molecule has 0 N–H and O–H groups in total. The van der Waals surface area contributed by atoms with Crippen LogP contribution in [0.1, 0.15) is 21.5 Å². The fraction of sp³-hybridized carbons (Fsp3) is 0.0556. The second-order valence-corrected chi connectivity index (χ2v) is 4.75. The fourth-order valence-corrected chi connectivity index (χ4v) is 2.35. The molecule has 0 aliphatic carbocycles. The summed E-state index contributed by atoms with van der Waals surface area (Å²) in [5.74, 6) is 0. The van der Waals surface area contributed by atoms with Gasteiger partial charge in [0.25, 0.3) is 0 Å². The van der Waals surface area contributed by atoms with Crippen molar-refractivity contribution in [1.82, 2.24) is 0 Å². The van der Waals surface area contributed by atoms with E-state index < -0.39 is 0 Å². The highest BCUT2D eigenvalue weighted by Gasteiger charge is 2.10. The summed E-state index contributed by atoms with van der Waals surface area (Å²) in [5.41, 5.74) is 4.14. The van der Waals surface area contributed by atoms with Crippen LogP contribution in [0, 0.1) is 0 Å². The molecule has 0 bridgehead atoms. The molecule has 0 spiro atoms. The molecule has 2 heteroatoms. The minimum Gasteiger partial charge on any atom is -0.343 e. The summed E-state index contributed by atoms with van der Waals surface area (Å²) in [5, 5.41) is 0. The first-order valence-corrected chi connectivity index (χ1v) is 6.61. The van der Waals surface area contributed by atoms with E-state index in [1.165, 1.54) is 5.56 Å². The van der Waals surface area contributed by atoms with Gasteiger partial charge >= 0.3 is 0 Å². The Balaban J connectivity index is 1.96. The van der Waals surface area contributed by atoms with Crippen molar-refractivity contribution in [2.45, 2.75) is 6.54 Å². The van der Waals surface area contributed by atoms with Crippen molar-refractivity contribution in [3.8, 4) is 0 Å². The van der Waals surface area contributed by atoms with Crippen LogP contribution in [0.5, 0.6) is 0 Å². The van der Waals surface area contributed by atoms with E-state index in [1.54, 1.807) is 0 Å². The van der Waals surface area contributed by atoms with Gasteiger partial charge in [0.05, 0.1) is 0 Å². The molecular formula is C18H15NO. The highest BCUT2D eigenvalue weighted by Crippen LogP contribution is 2.27. The average molecular weight is 261 g/mol. The van der Waals surface area contributed by atoms with Crippen molar-refractivity contribution < 1.29 is 4.79 Å². The predicted molar refractivity (Wildman–Crippen MR) is 82.6 cm³/mol. The zero-order valence-corrected chi connectivity index (χ0v) is 11.1. The number of carbonyl (C=O) groups excluding carboxylic acids is 1. The number of fused-ring (bicyclic) bond motifs is 1. The maximum Gasteiger partial charge on any atom is 0.150 e. The molecule has 20 heavy (non-hydrogen) atoms. The number of rotatable bonds is 3. The van der Waals surface area contributed by atoms with Gasteiger partial charge in [-0.25, -0.2) is 0 Å². The van der Waals surface area contributed by atoms with Gasteiger partial charge in [0.2, 0.25) is 0 Å². The van der Waals surface area contributed by atoms with Crippen LogP contribution >= 0.6 is 0 Å². The molecule has 3 rings (SSSR count). The monoisotopic (exact) mass is 261 g/mol. The van der Waals surface area contributed by atoms with Crippen molar-refractivity contribution in [2.24, 2.45) is 0 Å². The molecule has 2 aromatic carbocycles. The van der Waals surface area contributed by atoms with Gasteiger partial charge in [-0.15, -0.1) is 0 Å². The van der Waals surface area contributed by atoms with Gasteiger partial charge in [0, 0.05) is 24.0 Å². The highest BCUT2D eigenvalue weighted by molar-refractivity contribution is 5.81. The molecule has 0 aromatic heterocycles. The standard InChI is InChI=1S/C18H15NO/c20-14-16-9-10-18-17(12-16)8-4-5-11-19(18)13-15-6-2-1-3-7-15/h1-12,14H,13H2. The zero-order valence-electron chi connectivity index (χ0n) is 11.1. The predicted octanol–water partition coefficient (Wildman–Crippen LogP) is 4.05. The van der Waals surface area contributed by atoms with Crippen LogP contribution in [0.3, 0.4) is 0 Å². The molecule has 1 aliphatic heterocycles. The number of hydrogen-bond donors (Lipinski definition) is 0. The van der Waals surface area contributed by atoms with Crippen LogP contribution in [0.2, 0.25) is 0 Å². The molecule has 2 nitrogen and oxygen atoms in total. The molecule has 0 unspecified atom stereocenters. The van der Waals surface area contributed by atoms with Gasteiger partial charge in [-0.1, -0.05) is 42.5 Å². The van der Waals surface area contributed by atoms with Gasteiger partial charge in [0.15, 0.2) is 0 Å². The first-order chi connectivity index (χ1) is 9.86. The molecule has 1 aliphatic rings. The number of benzene rings is 2. The largest absolute Gasteiger partial charge is 0.343 e. The number of carbonyl (C=O) groups is 1. The van der Waals surface area contributed by atoms with Crippen molar-refractivity contribution in [3.63, 3.8) is 0 Å². The summed E-state index contributed by atoms with van der Waals surface area (Å²) in [6.07, 6.45) is 9.00. The van der Waals surface area contributed by atoms with Gasteiger partial charge in [-0.2, -0.15) is 0 Å². The first kappa shape index (κ1) is 12.4. The molecule has 0 fully saturated rings. The third-order valence-corrected chi connectivity index (χ3v) is 3.35. The summed E-state index contributed by atoms with van der Waals surface area (Å²) in [7, 11) is 0. The Morgan fingerprint density at radius 1 is 1.00 bits per heavy atom. The van der Waals surface area contributed by atoms with Gasteiger partial charge < -0.3 is 4.90 Å². The van der Waals surface area contributed by atoms with Crippen molar-refractivity contribution in [3.05, 3.63) is 83.6 Å². The van der Waals surface area contributed by atoms with Crippen molar-refractivity contribution in [2.75, 3.05) is 4.90 Å². The lowest BCUT2D eigenvalue weighted by molar-refractivity contribution is 0.112. The summed E-state index contributed by atoms with van der Waals surface area (Å²) < 4.78 is 0. The molecule has 2 aromatic rings. The summed E-state index contributed by atoms with van der Waals surface area (Å²) >= 11 is 0. The molecule has 98 valence electrons. The van der Waals surface area contributed by atoms with E-state index >= 15 is 0 Å². The lowest BCUT2D eigenvalue weighted by Gasteiger charge is -2.22. The highest BCUT2D eigenvalue weighted by atomic mass is 16.1. The number of anilines is 1. The van der Waals surface area contributed by atoms with Crippen LogP contribution < -0.4 is 4.90 Å². The lowest BCUT2D eigenvalue weighted by atomic mass is 10.1. The lowest BCUT2D eigenvalue weighted by Crippen LogP contribution is -2.15. The van der Waals surface area contributed by atoms with E-state index in [4.69, 9.17) is 0 Å². The second-order valence-electron chi connectivity index (χ2n) is 4.75. The van der Waals surface area contributed by atoms with E-state index in [0.29, 0.717) is 5.56 Å². The number of allylic oxidation sites excluding steroid dienone is 2. The molecule has 0 amide bonds. The van der Waals surface area contributed by atoms with E-state index in [9.17, 15) is 4.79 Å². The molecule has 0 saturated heterocycles. The Bertz CT molecular complexity index is 671. The number of aldehydes is 1. The molecule has 1 heterocycles. The minimum atomic E-state index is 0.704. The molecule has 0 saturated carbocycles. The van der Waals surface area contributed by atoms with E-state index in [0.717, 1.165) is 24.1 Å². The zero-order chi connectivity index (χ0) is 13.8. The Labute approximate surface area is 118 Å². The summed E-state index contributed by atoms with van der Waals surface area (Å²) in [6, 6.07) is 16.1.